The molecule has 7 nitrogen and oxygen atoms in total. The summed E-state index contributed by atoms with van der Waals surface area (Å²) in [5.74, 6) is -0.875. The lowest BCUT2D eigenvalue weighted by atomic mass is 10.1. The number of aromatic nitrogens is 4. The molecule has 7 heteroatoms. The third-order valence-electron chi connectivity index (χ3n) is 3.31. The highest BCUT2D eigenvalue weighted by Gasteiger charge is 2.13. The standard InChI is InChI=1S/C14H16N4O3/c1-9-12(5-6-13(19)20)10(2)18(14(21)16-9)8-11-4-3-7-15-17-11/h3-4,7H,5-6,8H2,1-2H3,(H,19,20). The molecule has 110 valence electrons. The molecule has 0 saturated carbocycles. The molecule has 0 saturated heterocycles. The summed E-state index contributed by atoms with van der Waals surface area (Å²) in [4.78, 5) is 26.7. The number of aliphatic carboxylic acids is 1. The van der Waals surface area contributed by atoms with Gasteiger partial charge in [-0.25, -0.2) is 4.79 Å². The van der Waals surface area contributed by atoms with Crippen molar-refractivity contribution in [2.45, 2.75) is 33.2 Å². The summed E-state index contributed by atoms with van der Waals surface area (Å²) in [5.41, 5.74) is 2.38. The third-order valence-corrected chi connectivity index (χ3v) is 3.31. The minimum Gasteiger partial charge on any atom is -0.481 e. The maximum Gasteiger partial charge on any atom is 0.348 e. The largest absolute Gasteiger partial charge is 0.481 e. The van der Waals surface area contributed by atoms with Crippen LogP contribution < -0.4 is 5.69 Å². The monoisotopic (exact) mass is 288 g/mol. The van der Waals surface area contributed by atoms with Crippen LogP contribution in [0.15, 0.2) is 23.1 Å². The molecule has 2 aromatic heterocycles. The Kier molecular flexibility index (Phi) is 4.42. The topological polar surface area (TPSA) is 98.0 Å². The summed E-state index contributed by atoms with van der Waals surface area (Å²) >= 11 is 0. The Morgan fingerprint density at radius 2 is 2.14 bits per heavy atom. The van der Waals surface area contributed by atoms with Crippen molar-refractivity contribution in [2.75, 3.05) is 0 Å². The normalized spacial score (nSPS) is 10.6. The first kappa shape index (κ1) is 14.8. The Morgan fingerprint density at radius 1 is 1.38 bits per heavy atom. The lowest BCUT2D eigenvalue weighted by Gasteiger charge is -2.14. The lowest BCUT2D eigenvalue weighted by Crippen LogP contribution is -2.28. The molecule has 1 N–H and O–H groups in total. The van der Waals surface area contributed by atoms with Gasteiger partial charge in [0.25, 0.3) is 0 Å². The first-order chi connectivity index (χ1) is 9.99. The van der Waals surface area contributed by atoms with E-state index in [0.717, 1.165) is 11.3 Å². The Labute approximate surface area is 121 Å². The van der Waals surface area contributed by atoms with Gasteiger partial charge in [0.15, 0.2) is 0 Å². The zero-order valence-electron chi connectivity index (χ0n) is 11.9. The SMILES string of the molecule is Cc1nc(=O)n(Cc2cccnn2)c(C)c1CCC(=O)O. The molecule has 0 atom stereocenters. The summed E-state index contributed by atoms with van der Waals surface area (Å²) in [7, 11) is 0. The molecular weight excluding hydrogens is 272 g/mol. The van der Waals surface area contributed by atoms with E-state index in [9.17, 15) is 9.59 Å². The zero-order valence-corrected chi connectivity index (χ0v) is 11.9. The van der Waals surface area contributed by atoms with Gasteiger partial charge in [0.1, 0.15) is 0 Å². The van der Waals surface area contributed by atoms with Crippen molar-refractivity contribution < 1.29 is 9.90 Å². The molecule has 0 radical (unpaired) electrons. The summed E-state index contributed by atoms with van der Waals surface area (Å²) in [5, 5.41) is 16.5. The fraction of sp³-hybridized carbons (Fsp3) is 0.357. The van der Waals surface area contributed by atoms with Crippen molar-refractivity contribution in [2.24, 2.45) is 0 Å². The number of hydrogen-bond donors (Lipinski definition) is 1. The number of aryl methyl sites for hydroxylation is 1. The Balaban J connectivity index is 2.39. The van der Waals surface area contributed by atoms with E-state index in [-0.39, 0.29) is 18.7 Å². The van der Waals surface area contributed by atoms with Crippen molar-refractivity contribution in [3.05, 3.63) is 51.5 Å². The molecular formula is C14H16N4O3. The fourth-order valence-electron chi connectivity index (χ4n) is 2.20. The number of hydrogen-bond acceptors (Lipinski definition) is 5. The molecule has 0 aromatic carbocycles. The van der Waals surface area contributed by atoms with Crippen LogP contribution in [0.25, 0.3) is 0 Å². The van der Waals surface area contributed by atoms with Crippen molar-refractivity contribution in [1.29, 1.82) is 0 Å². The number of rotatable bonds is 5. The highest BCUT2D eigenvalue weighted by atomic mass is 16.4. The summed E-state index contributed by atoms with van der Waals surface area (Å²) in [6.07, 6.45) is 1.91. The molecule has 0 aliphatic heterocycles. The first-order valence-corrected chi connectivity index (χ1v) is 6.54. The second-order valence-electron chi connectivity index (χ2n) is 4.74. The van der Waals surface area contributed by atoms with E-state index in [0.29, 0.717) is 17.8 Å². The molecule has 0 aliphatic carbocycles. The van der Waals surface area contributed by atoms with Gasteiger partial charge in [-0.3, -0.25) is 9.36 Å². The second-order valence-corrected chi connectivity index (χ2v) is 4.74. The van der Waals surface area contributed by atoms with Crippen LogP contribution in [0.2, 0.25) is 0 Å². The van der Waals surface area contributed by atoms with Gasteiger partial charge in [-0.1, -0.05) is 0 Å². The Morgan fingerprint density at radius 3 is 2.76 bits per heavy atom. The number of carboxylic acids is 1. The number of carboxylic acid groups (broad SMARTS) is 1. The van der Waals surface area contributed by atoms with Gasteiger partial charge in [-0.2, -0.15) is 15.2 Å². The van der Waals surface area contributed by atoms with Gasteiger partial charge in [-0.05, 0) is 38.0 Å². The molecule has 0 bridgehead atoms. The molecule has 2 rings (SSSR count). The van der Waals surface area contributed by atoms with Gasteiger partial charge in [-0.15, -0.1) is 0 Å². The average molecular weight is 288 g/mol. The van der Waals surface area contributed by atoms with Crippen molar-refractivity contribution >= 4 is 5.97 Å². The van der Waals surface area contributed by atoms with Crippen LogP contribution in [0, 0.1) is 13.8 Å². The molecule has 0 spiro atoms. The van der Waals surface area contributed by atoms with Gasteiger partial charge in [0.05, 0.1) is 12.2 Å². The van der Waals surface area contributed by atoms with Crippen LogP contribution in [0.1, 0.15) is 29.1 Å². The Hall–Kier alpha value is -2.57. The molecule has 0 amide bonds. The van der Waals surface area contributed by atoms with Gasteiger partial charge in [0.2, 0.25) is 0 Å². The second kappa shape index (κ2) is 6.25. The van der Waals surface area contributed by atoms with E-state index in [1.54, 1.807) is 32.2 Å². The zero-order chi connectivity index (χ0) is 15.4. The van der Waals surface area contributed by atoms with E-state index >= 15 is 0 Å². The fourth-order valence-corrected chi connectivity index (χ4v) is 2.20. The van der Waals surface area contributed by atoms with E-state index < -0.39 is 5.97 Å². The van der Waals surface area contributed by atoms with E-state index in [2.05, 4.69) is 15.2 Å². The van der Waals surface area contributed by atoms with Crippen LogP contribution in [0.3, 0.4) is 0 Å². The highest BCUT2D eigenvalue weighted by molar-refractivity contribution is 5.67. The van der Waals surface area contributed by atoms with Gasteiger partial charge < -0.3 is 5.11 Å². The minimum atomic E-state index is -0.875. The van der Waals surface area contributed by atoms with Crippen LogP contribution >= 0.6 is 0 Å². The number of carbonyl (C=O) groups is 1. The molecule has 0 unspecified atom stereocenters. The predicted molar refractivity (Wildman–Crippen MR) is 75.1 cm³/mol. The van der Waals surface area contributed by atoms with Crippen LogP contribution in [0.5, 0.6) is 0 Å². The maximum atomic E-state index is 12.0. The van der Waals surface area contributed by atoms with E-state index in [4.69, 9.17) is 5.11 Å². The minimum absolute atomic E-state index is 0.00665. The molecule has 0 fully saturated rings. The van der Waals surface area contributed by atoms with Crippen LogP contribution in [-0.4, -0.2) is 30.8 Å². The van der Waals surface area contributed by atoms with Crippen molar-refractivity contribution in [1.82, 2.24) is 19.7 Å². The van der Waals surface area contributed by atoms with Crippen molar-refractivity contribution in [3.8, 4) is 0 Å². The van der Waals surface area contributed by atoms with Crippen LogP contribution in [-0.2, 0) is 17.8 Å². The third kappa shape index (κ3) is 3.50. The molecule has 21 heavy (non-hydrogen) atoms. The van der Waals surface area contributed by atoms with Gasteiger partial charge in [0, 0.05) is 24.0 Å². The maximum absolute atomic E-state index is 12.0. The smallest absolute Gasteiger partial charge is 0.348 e. The molecule has 2 aromatic rings. The molecule has 0 aliphatic rings. The quantitative estimate of drug-likeness (QED) is 0.870. The molecule has 2 heterocycles. The van der Waals surface area contributed by atoms with Crippen LogP contribution in [0.4, 0.5) is 0 Å². The van der Waals surface area contributed by atoms with E-state index in [1.165, 1.54) is 4.57 Å². The summed E-state index contributed by atoms with van der Waals surface area (Å²) in [6, 6.07) is 3.52. The first-order valence-electron chi connectivity index (χ1n) is 6.54. The predicted octanol–water partition coefficient (Wildman–Crippen LogP) is 0.716. The van der Waals surface area contributed by atoms with Gasteiger partial charge >= 0.3 is 11.7 Å². The van der Waals surface area contributed by atoms with E-state index in [1.807, 2.05) is 0 Å². The highest BCUT2D eigenvalue weighted by Crippen LogP contribution is 2.12. The van der Waals surface area contributed by atoms with Crippen molar-refractivity contribution in [3.63, 3.8) is 0 Å². The number of nitrogens with zero attached hydrogens (tertiary/aromatic N) is 4. The Bertz CT molecular complexity index is 710. The lowest BCUT2D eigenvalue weighted by molar-refractivity contribution is -0.136. The summed E-state index contributed by atoms with van der Waals surface area (Å²) in [6.45, 7) is 3.79. The summed E-state index contributed by atoms with van der Waals surface area (Å²) < 4.78 is 1.49. The average Bonchev–Trinajstić information content (AvgIpc) is 2.44.